The third kappa shape index (κ3) is 5.66. The summed E-state index contributed by atoms with van der Waals surface area (Å²) in [7, 11) is -0.931. The first-order valence-corrected chi connectivity index (χ1v) is 7.82. The van der Waals surface area contributed by atoms with Crippen LogP contribution in [0.1, 0.15) is 12.5 Å². The molecule has 0 aliphatic heterocycles. The monoisotopic (exact) mass is 323 g/mol. The average molecular weight is 323 g/mol. The number of benzene rings is 1. The fraction of sp³-hybridized carbons (Fsp3) is 0.538. The first-order chi connectivity index (χ1) is 9.71. The van der Waals surface area contributed by atoms with Gasteiger partial charge in [-0.15, -0.1) is 0 Å². The standard InChI is InChI=1S/C13H19F2NO4S/c1-13(20-3,9-19-2)8-16-21(17,18)7-10-6-11(14)4-5-12(10)15/h4-6,16H,7-9H2,1-3H3/t13-/m1/s1. The van der Waals surface area contributed by atoms with E-state index < -0.39 is 33.0 Å². The molecule has 1 N–H and O–H groups in total. The van der Waals surface area contributed by atoms with Gasteiger partial charge in [0.25, 0.3) is 0 Å². The molecule has 0 fully saturated rings. The highest BCUT2D eigenvalue weighted by molar-refractivity contribution is 7.88. The fourth-order valence-electron chi connectivity index (χ4n) is 1.66. The van der Waals surface area contributed by atoms with Gasteiger partial charge >= 0.3 is 0 Å². The molecule has 0 saturated carbocycles. The molecule has 1 aromatic rings. The maximum atomic E-state index is 13.5. The van der Waals surface area contributed by atoms with Crippen LogP contribution in [0.25, 0.3) is 0 Å². The van der Waals surface area contributed by atoms with Crippen LogP contribution in [0.15, 0.2) is 18.2 Å². The smallest absolute Gasteiger partial charge is 0.215 e. The Bertz CT molecular complexity index is 580. The van der Waals surface area contributed by atoms with Crippen LogP contribution in [-0.4, -0.2) is 41.4 Å². The molecule has 1 rings (SSSR count). The van der Waals surface area contributed by atoms with E-state index in [2.05, 4.69) is 4.72 Å². The zero-order valence-electron chi connectivity index (χ0n) is 12.2. The molecule has 0 radical (unpaired) electrons. The SMILES string of the molecule is COC[C@@](C)(CNS(=O)(=O)Cc1cc(F)ccc1F)OC. The Morgan fingerprint density at radius 3 is 2.52 bits per heavy atom. The van der Waals surface area contributed by atoms with Gasteiger partial charge in [0.2, 0.25) is 10.0 Å². The first-order valence-electron chi connectivity index (χ1n) is 6.17. The van der Waals surface area contributed by atoms with Crippen molar-refractivity contribution in [2.75, 3.05) is 27.4 Å². The topological polar surface area (TPSA) is 64.6 Å². The van der Waals surface area contributed by atoms with Gasteiger partial charge in [0, 0.05) is 26.3 Å². The van der Waals surface area contributed by atoms with Crippen LogP contribution in [0.4, 0.5) is 8.78 Å². The predicted molar refractivity (Wildman–Crippen MR) is 74.3 cm³/mol. The number of ether oxygens (including phenoxy) is 2. The van der Waals surface area contributed by atoms with E-state index in [1.165, 1.54) is 14.2 Å². The van der Waals surface area contributed by atoms with E-state index in [1.54, 1.807) is 6.92 Å². The highest BCUT2D eigenvalue weighted by Crippen LogP contribution is 2.14. The second-order valence-corrected chi connectivity index (χ2v) is 6.71. The van der Waals surface area contributed by atoms with Crippen molar-refractivity contribution in [1.29, 1.82) is 0 Å². The Hall–Kier alpha value is -1.09. The van der Waals surface area contributed by atoms with E-state index in [9.17, 15) is 17.2 Å². The molecule has 0 aliphatic carbocycles. The lowest BCUT2D eigenvalue weighted by molar-refractivity contribution is -0.0460. The molecule has 1 aromatic carbocycles. The maximum absolute atomic E-state index is 13.5. The molecule has 0 spiro atoms. The third-order valence-electron chi connectivity index (χ3n) is 2.96. The number of sulfonamides is 1. The summed E-state index contributed by atoms with van der Waals surface area (Å²) in [6.07, 6.45) is 0. The van der Waals surface area contributed by atoms with Crippen molar-refractivity contribution in [3.63, 3.8) is 0 Å². The van der Waals surface area contributed by atoms with Gasteiger partial charge < -0.3 is 9.47 Å². The normalized spacial score (nSPS) is 14.9. The van der Waals surface area contributed by atoms with E-state index >= 15 is 0 Å². The van der Waals surface area contributed by atoms with Crippen molar-refractivity contribution in [3.8, 4) is 0 Å². The van der Waals surface area contributed by atoms with Gasteiger partial charge in [-0.3, -0.25) is 0 Å². The molecule has 0 aromatic heterocycles. The van der Waals surface area contributed by atoms with E-state index in [0.29, 0.717) is 0 Å². The van der Waals surface area contributed by atoms with E-state index in [4.69, 9.17) is 9.47 Å². The fourth-order valence-corrected chi connectivity index (χ4v) is 2.92. The number of nitrogens with one attached hydrogen (secondary N) is 1. The number of rotatable bonds is 8. The van der Waals surface area contributed by atoms with E-state index in [0.717, 1.165) is 18.2 Å². The second kappa shape index (κ2) is 7.26. The molecule has 0 amide bonds. The average Bonchev–Trinajstić information content (AvgIpc) is 2.41. The summed E-state index contributed by atoms with van der Waals surface area (Å²) in [6, 6.07) is 2.68. The number of hydrogen-bond donors (Lipinski definition) is 1. The minimum Gasteiger partial charge on any atom is -0.382 e. The molecule has 0 saturated heterocycles. The van der Waals surface area contributed by atoms with Crippen LogP contribution in [0.3, 0.4) is 0 Å². The van der Waals surface area contributed by atoms with Crippen LogP contribution in [-0.2, 0) is 25.2 Å². The van der Waals surface area contributed by atoms with Gasteiger partial charge in [0.15, 0.2) is 0 Å². The molecular weight excluding hydrogens is 304 g/mol. The summed E-state index contributed by atoms with van der Waals surface area (Å²) in [5.74, 6) is -2.11. The minimum atomic E-state index is -3.83. The summed E-state index contributed by atoms with van der Waals surface area (Å²) >= 11 is 0. The van der Waals surface area contributed by atoms with Crippen molar-refractivity contribution in [3.05, 3.63) is 35.4 Å². The summed E-state index contributed by atoms with van der Waals surface area (Å²) in [5, 5.41) is 0. The lowest BCUT2D eigenvalue weighted by Crippen LogP contribution is -2.45. The molecule has 21 heavy (non-hydrogen) atoms. The lowest BCUT2D eigenvalue weighted by Gasteiger charge is -2.27. The van der Waals surface area contributed by atoms with Gasteiger partial charge in [-0.25, -0.2) is 21.9 Å². The van der Waals surface area contributed by atoms with Gasteiger partial charge in [-0.2, -0.15) is 0 Å². The van der Waals surface area contributed by atoms with E-state index in [-0.39, 0.29) is 18.7 Å². The van der Waals surface area contributed by atoms with Crippen molar-refractivity contribution in [2.45, 2.75) is 18.3 Å². The first kappa shape index (κ1) is 18.0. The molecule has 0 bridgehead atoms. The van der Waals surface area contributed by atoms with Gasteiger partial charge in [0.1, 0.15) is 17.2 Å². The van der Waals surface area contributed by atoms with Crippen molar-refractivity contribution in [2.24, 2.45) is 0 Å². The molecule has 0 unspecified atom stereocenters. The van der Waals surface area contributed by atoms with Crippen LogP contribution in [0.5, 0.6) is 0 Å². The molecule has 8 heteroatoms. The van der Waals surface area contributed by atoms with Crippen LogP contribution in [0.2, 0.25) is 0 Å². The maximum Gasteiger partial charge on any atom is 0.215 e. The van der Waals surface area contributed by atoms with Gasteiger partial charge in [0.05, 0.1) is 12.4 Å². The van der Waals surface area contributed by atoms with Crippen molar-refractivity contribution in [1.82, 2.24) is 4.72 Å². The van der Waals surface area contributed by atoms with Crippen LogP contribution in [0, 0.1) is 11.6 Å². The molecule has 5 nitrogen and oxygen atoms in total. The quantitative estimate of drug-likeness (QED) is 0.786. The van der Waals surface area contributed by atoms with Crippen LogP contribution >= 0.6 is 0 Å². The Morgan fingerprint density at radius 1 is 1.29 bits per heavy atom. The van der Waals surface area contributed by atoms with E-state index in [1.807, 2.05) is 0 Å². The Labute approximate surface area is 123 Å². The number of halogens is 2. The van der Waals surface area contributed by atoms with Gasteiger partial charge in [-0.05, 0) is 25.1 Å². The molecule has 1 atom stereocenters. The summed E-state index contributed by atoms with van der Waals surface area (Å²) < 4.78 is 62.8. The predicted octanol–water partition coefficient (Wildman–Crippen LogP) is 1.44. The van der Waals surface area contributed by atoms with Crippen molar-refractivity contribution >= 4 is 10.0 Å². The highest BCUT2D eigenvalue weighted by Gasteiger charge is 2.26. The Kier molecular flexibility index (Phi) is 6.21. The minimum absolute atomic E-state index is 0.0450. The second-order valence-electron chi connectivity index (χ2n) is 4.90. The highest BCUT2D eigenvalue weighted by atomic mass is 32.2. The summed E-state index contributed by atoms with van der Waals surface area (Å²) in [4.78, 5) is 0. The third-order valence-corrected chi connectivity index (χ3v) is 4.24. The summed E-state index contributed by atoms with van der Waals surface area (Å²) in [6.45, 7) is 1.80. The van der Waals surface area contributed by atoms with Crippen LogP contribution < -0.4 is 4.72 Å². The molecule has 0 aliphatic rings. The molecule has 120 valence electrons. The summed E-state index contributed by atoms with van der Waals surface area (Å²) in [5.41, 5.74) is -1.07. The lowest BCUT2D eigenvalue weighted by atomic mass is 10.1. The zero-order valence-corrected chi connectivity index (χ0v) is 13.0. The largest absolute Gasteiger partial charge is 0.382 e. The Morgan fingerprint density at radius 2 is 1.95 bits per heavy atom. The zero-order chi connectivity index (χ0) is 16.1. The molecular formula is C13H19F2NO4S. The molecule has 0 heterocycles. The van der Waals surface area contributed by atoms with Gasteiger partial charge in [-0.1, -0.05) is 0 Å². The number of methoxy groups -OCH3 is 2. The Balaban J connectivity index is 2.76. The number of hydrogen-bond acceptors (Lipinski definition) is 4. The van der Waals surface area contributed by atoms with Crippen molar-refractivity contribution < 1.29 is 26.7 Å².